The second-order valence-electron chi connectivity index (χ2n) is 8.62. The van der Waals surface area contributed by atoms with E-state index in [1.807, 2.05) is 0 Å². The van der Waals surface area contributed by atoms with Gasteiger partial charge in [0.1, 0.15) is 23.1 Å². The fourth-order valence-corrected chi connectivity index (χ4v) is 4.02. The summed E-state index contributed by atoms with van der Waals surface area (Å²) in [6.45, 7) is 2.62. The molecule has 3 aromatic rings. The second-order valence-corrected chi connectivity index (χ2v) is 8.62. The van der Waals surface area contributed by atoms with Crippen molar-refractivity contribution in [1.29, 1.82) is 0 Å². The van der Waals surface area contributed by atoms with Crippen molar-refractivity contribution < 1.29 is 31.9 Å². The number of alkyl halides is 3. The lowest BCUT2D eigenvalue weighted by Crippen LogP contribution is -2.32. The summed E-state index contributed by atoms with van der Waals surface area (Å²) in [7, 11) is 0. The van der Waals surface area contributed by atoms with Crippen LogP contribution in [0.25, 0.3) is 5.69 Å². The van der Waals surface area contributed by atoms with Gasteiger partial charge in [0.15, 0.2) is 6.10 Å². The third-order valence-corrected chi connectivity index (χ3v) is 6.11. The third-order valence-electron chi connectivity index (χ3n) is 6.11. The highest BCUT2D eigenvalue weighted by Crippen LogP contribution is 2.31. The Labute approximate surface area is 207 Å². The fourth-order valence-electron chi connectivity index (χ4n) is 4.02. The number of carbonyl (C=O) groups is 2. The van der Waals surface area contributed by atoms with Crippen LogP contribution < -0.4 is 21.5 Å². The lowest BCUT2D eigenvalue weighted by Gasteiger charge is -2.20. The van der Waals surface area contributed by atoms with Crippen molar-refractivity contribution >= 4 is 17.5 Å². The molecule has 0 unspecified atom stereocenters. The van der Waals surface area contributed by atoms with Crippen LogP contribution >= 0.6 is 0 Å². The molecule has 1 atom stereocenters. The van der Waals surface area contributed by atoms with E-state index in [9.17, 15) is 27.6 Å². The predicted molar refractivity (Wildman–Crippen MR) is 125 cm³/mol. The number of anilines is 1. The zero-order chi connectivity index (χ0) is 27.1. The maximum absolute atomic E-state index is 15.3. The SMILES string of the molecule is Cc1c(NC(=O)c2cc(F)c(-n3nc4n(c3=O)CCCC4)cc2O[C@@H](C)C(F)(F)F)cccc1C(N)=O. The van der Waals surface area contributed by atoms with Crippen molar-refractivity contribution in [2.45, 2.75) is 51.9 Å². The third kappa shape index (κ3) is 5.06. The highest BCUT2D eigenvalue weighted by Gasteiger charge is 2.39. The number of hydrogen-bond acceptors (Lipinski definition) is 5. The molecule has 13 heteroatoms. The summed E-state index contributed by atoms with van der Waals surface area (Å²) in [6.07, 6.45) is -5.15. The minimum absolute atomic E-state index is 0.115. The summed E-state index contributed by atoms with van der Waals surface area (Å²) < 4.78 is 62.3. The van der Waals surface area contributed by atoms with E-state index in [0.717, 1.165) is 30.5 Å². The first-order valence-corrected chi connectivity index (χ1v) is 11.3. The van der Waals surface area contributed by atoms with Gasteiger partial charge in [-0.25, -0.2) is 9.18 Å². The van der Waals surface area contributed by atoms with Crippen molar-refractivity contribution in [2.75, 3.05) is 5.32 Å². The molecule has 4 rings (SSSR count). The zero-order valence-corrected chi connectivity index (χ0v) is 19.9. The van der Waals surface area contributed by atoms with E-state index in [2.05, 4.69) is 10.4 Å². The number of nitrogens with two attached hydrogens (primary N) is 1. The Hall–Kier alpha value is -4.16. The first-order chi connectivity index (χ1) is 17.4. The molecule has 3 N–H and O–H groups in total. The standard InChI is InChI=1S/C24H23F4N5O4/c1-12-14(21(29)34)6-5-7-17(12)30-22(35)15-10-16(25)18(11-19(15)37-13(2)24(26,27)28)33-23(36)32-9-4-3-8-20(32)31-33/h5-7,10-11,13H,3-4,8-9H2,1-2H3,(H2,29,34)(H,30,35)/t13-/m0/s1. The normalized spacial score (nSPS) is 14.1. The van der Waals surface area contributed by atoms with Gasteiger partial charge in [0.25, 0.3) is 5.91 Å². The molecule has 0 fully saturated rings. The number of primary amides is 1. The number of fused-ring (bicyclic) bond motifs is 1. The first-order valence-electron chi connectivity index (χ1n) is 11.3. The van der Waals surface area contributed by atoms with Crippen LogP contribution in [-0.2, 0) is 13.0 Å². The van der Waals surface area contributed by atoms with Gasteiger partial charge < -0.3 is 15.8 Å². The van der Waals surface area contributed by atoms with Crippen LogP contribution in [0.4, 0.5) is 23.2 Å². The number of aromatic nitrogens is 3. The van der Waals surface area contributed by atoms with Crippen LogP contribution in [0.3, 0.4) is 0 Å². The lowest BCUT2D eigenvalue weighted by atomic mass is 10.1. The molecular weight excluding hydrogens is 498 g/mol. The summed E-state index contributed by atoms with van der Waals surface area (Å²) in [5.74, 6) is -3.01. The molecule has 0 saturated carbocycles. The Bertz CT molecular complexity index is 1440. The van der Waals surface area contributed by atoms with E-state index >= 15 is 4.39 Å². The second kappa shape index (κ2) is 9.71. The molecule has 9 nitrogen and oxygen atoms in total. The number of hydrogen-bond donors (Lipinski definition) is 2. The quantitative estimate of drug-likeness (QED) is 0.481. The van der Waals surface area contributed by atoms with Crippen LogP contribution in [0.5, 0.6) is 5.75 Å². The number of ether oxygens (including phenoxy) is 1. The molecule has 0 spiro atoms. The topological polar surface area (TPSA) is 121 Å². The molecule has 1 aliphatic rings. The Morgan fingerprint density at radius 2 is 1.92 bits per heavy atom. The van der Waals surface area contributed by atoms with Crippen molar-refractivity contribution in [3.8, 4) is 11.4 Å². The molecule has 0 bridgehead atoms. The predicted octanol–water partition coefficient (Wildman–Crippen LogP) is 3.50. The van der Waals surface area contributed by atoms with E-state index in [0.29, 0.717) is 30.4 Å². The van der Waals surface area contributed by atoms with Crippen LogP contribution in [0.1, 0.15) is 51.9 Å². The molecule has 0 aliphatic carbocycles. The number of nitrogens with one attached hydrogen (secondary N) is 1. The molecule has 2 amide bonds. The monoisotopic (exact) mass is 521 g/mol. The highest BCUT2D eigenvalue weighted by molar-refractivity contribution is 6.07. The Balaban J connectivity index is 1.79. The van der Waals surface area contributed by atoms with Gasteiger partial charge in [-0.2, -0.15) is 17.9 Å². The summed E-state index contributed by atoms with van der Waals surface area (Å²) >= 11 is 0. The molecule has 37 heavy (non-hydrogen) atoms. The van der Waals surface area contributed by atoms with Gasteiger partial charge in [0.05, 0.1) is 5.56 Å². The highest BCUT2D eigenvalue weighted by atomic mass is 19.4. The molecule has 0 saturated heterocycles. The van der Waals surface area contributed by atoms with E-state index < -0.39 is 52.6 Å². The minimum atomic E-state index is -4.79. The maximum Gasteiger partial charge on any atom is 0.425 e. The summed E-state index contributed by atoms with van der Waals surface area (Å²) in [4.78, 5) is 37.5. The molecule has 2 heterocycles. The number of amides is 2. The zero-order valence-electron chi connectivity index (χ0n) is 19.9. The summed E-state index contributed by atoms with van der Waals surface area (Å²) in [6, 6.07) is 5.85. The van der Waals surface area contributed by atoms with Crippen LogP contribution in [0.15, 0.2) is 35.1 Å². The number of rotatable bonds is 6. The number of benzene rings is 2. The number of nitrogens with zero attached hydrogens (tertiary/aromatic N) is 3. The molecule has 196 valence electrons. The number of halogens is 4. The average Bonchev–Trinajstić information content (AvgIpc) is 3.16. The smallest absolute Gasteiger partial charge is 0.425 e. The largest absolute Gasteiger partial charge is 0.480 e. The van der Waals surface area contributed by atoms with Crippen molar-refractivity contribution in [2.24, 2.45) is 5.73 Å². The maximum atomic E-state index is 15.3. The van der Waals surface area contributed by atoms with Gasteiger partial charge in [-0.3, -0.25) is 14.2 Å². The average molecular weight is 521 g/mol. The molecule has 0 radical (unpaired) electrons. The Morgan fingerprint density at radius 3 is 2.57 bits per heavy atom. The van der Waals surface area contributed by atoms with Crippen LogP contribution in [0, 0.1) is 12.7 Å². The van der Waals surface area contributed by atoms with Crippen LogP contribution in [-0.4, -0.2) is 38.4 Å². The molecule has 1 aromatic heterocycles. The van der Waals surface area contributed by atoms with Gasteiger partial charge in [0, 0.05) is 30.3 Å². The van der Waals surface area contributed by atoms with E-state index in [1.165, 1.54) is 29.7 Å². The lowest BCUT2D eigenvalue weighted by molar-refractivity contribution is -0.189. The van der Waals surface area contributed by atoms with Gasteiger partial charge in [-0.15, -0.1) is 5.10 Å². The fraction of sp³-hybridized carbons (Fsp3) is 0.333. The van der Waals surface area contributed by atoms with Gasteiger partial charge >= 0.3 is 11.9 Å². The number of aryl methyl sites for hydroxylation is 1. The summed E-state index contributed by atoms with van der Waals surface area (Å²) in [5, 5.41) is 6.58. The van der Waals surface area contributed by atoms with Gasteiger partial charge in [0.2, 0.25) is 5.91 Å². The van der Waals surface area contributed by atoms with E-state index in [4.69, 9.17) is 10.5 Å². The van der Waals surface area contributed by atoms with Crippen molar-refractivity contribution in [3.63, 3.8) is 0 Å². The Morgan fingerprint density at radius 1 is 1.19 bits per heavy atom. The number of carbonyl (C=O) groups excluding carboxylic acids is 2. The molecule has 2 aromatic carbocycles. The first kappa shape index (κ1) is 25.9. The van der Waals surface area contributed by atoms with Crippen molar-refractivity contribution in [3.05, 3.63) is 69.1 Å². The Kier molecular flexibility index (Phi) is 6.80. The molecule has 1 aliphatic heterocycles. The van der Waals surface area contributed by atoms with Crippen LogP contribution in [0.2, 0.25) is 0 Å². The van der Waals surface area contributed by atoms with Gasteiger partial charge in [-0.1, -0.05) is 6.07 Å². The van der Waals surface area contributed by atoms with E-state index in [-0.39, 0.29) is 11.3 Å². The van der Waals surface area contributed by atoms with Gasteiger partial charge in [-0.05, 0) is 50.5 Å². The van der Waals surface area contributed by atoms with E-state index in [1.54, 1.807) is 0 Å². The summed E-state index contributed by atoms with van der Waals surface area (Å²) in [5.41, 5.74) is 4.21. The minimum Gasteiger partial charge on any atom is -0.480 e. The van der Waals surface area contributed by atoms with Crippen molar-refractivity contribution in [1.82, 2.24) is 14.3 Å². The molecular formula is C24H23F4N5O4.